The molecule has 1 heterocycles. The molecular weight excluding hydrogens is 361 g/mol. The molecule has 20 heavy (non-hydrogen) atoms. The first-order valence-electron chi connectivity index (χ1n) is 7.83. The minimum Gasteiger partial charge on any atom is -0.496 e. The highest BCUT2D eigenvalue weighted by molar-refractivity contribution is 14.1. The maximum absolute atomic E-state index is 5.56. The Balaban J connectivity index is 1.79. The molecule has 0 N–H and O–H groups in total. The van der Waals surface area contributed by atoms with Crippen LogP contribution in [0.25, 0.3) is 0 Å². The number of methoxy groups -OCH3 is 1. The van der Waals surface area contributed by atoms with Crippen LogP contribution in [-0.4, -0.2) is 29.1 Å². The number of ether oxygens (including phenoxy) is 1. The average Bonchev–Trinajstić information content (AvgIpc) is 2.49. The summed E-state index contributed by atoms with van der Waals surface area (Å²) < 4.78 is 6.29. The molecule has 1 saturated heterocycles. The maximum Gasteiger partial charge on any atom is 0.122 e. The smallest absolute Gasteiger partial charge is 0.122 e. The van der Waals surface area contributed by atoms with Gasteiger partial charge in [0.2, 0.25) is 0 Å². The van der Waals surface area contributed by atoms with E-state index < -0.39 is 0 Å². The molecule has 0 bridgehead atoms. The molecule has 1 aliphatic heterocycles. The quantitative estimate of drug-likeness (QED) is 0.436. The van der Waals surface area contributed by atoms with Gasteiger partial charge in [-0.25, -0.2) is 0 Å². The Labute approximate surface area is 136 Å². The zero-order chi connectivity index (χ0) is 13.9. The molecule has 3 rings (SSSR count). The number of rotatable bonds is 3. The van der Waals surface area contributed by atoms with Gasteiger partial charge in [-0.1, -0.05) is 34.7 Å². The van der Waals surface area contributed by atoms with Gasteiger partial charge in [-0.15, -0.1) is 0 Å². The molecule has 2 aliphatic rings. The number of fused-ring (bicyclic) bond motifs is 1. The summed E-state index contributed by atoms with van der Waals surface area (Å²) in [6.07, 6.45) is 7.95. The van der Waals surface area contributed by atoms with Crippen LogP contribution in [-0.2, 0) is 6.42 Å². The third-order valence-corrected chi connectivity index (χ3v) is 6.21. The van der Waals surface area contributed by atoms with Crippen molar-refractivity contribution in [2.75, 3.05) is 20.2 Å². The van der Waals surface area contributed by atoms with Crippen LogP contribution in [0.5, 0.6) is 5.75 Å². The number of hydrogen-bond acceptors (Lipinski definition) is 2. The zero-order valence-corrected chi connectivity index (χ0v) is 14.4. The number of likely N-dealkylation sites (tertiary alicyclic amines) is 1. The van der Waals surface area contributed by atoms with E-state index in [1.807, 2.05) is 0 Å². The molecule has 1 aliphatic carbocycles. The molecule has 0 saturated carbocycles. The topological polar surface area (TPSA) is 12.5 Å². The van der Waals surface area contributed by atoms with Crippen molar-refractivity contribution in [3.8, 4) is 5.75 Å². The molecule has 1 fully saturated rings. The standard InChI is InChI=1S/C17H24INO/c1-20-16-9-5-7-14-13(6-4-8-15(14)16)12-19-11-3-2-10-17(19)18/h5,7,9,13,17H,2-4,6,8,10-12H2,1H3. The molecule has 2 nitrogen and oxygen atoms in total. The van der Waals surface area contributed by atoms with Crippen LogP contribution in [0, 0.1) is 0 Å². The molecule has 0 amide bonds. The SMILES string of the molecule is COc1cccc2c1CCCC2CN1CCCCC1I. The summed E-state index contributed by atoms with van der Waals surface area (Å²) >= 11 is 2.63. The Bertz CT molecular complexity index is 462. The molecule has 0 aromatic heterocycles. The van der Waals surface area contributed by atoms with Gasteiger partial charge in [0.05, 0.1) is 11.2 Å². The summed E-state index contributed by atoms with van der Waals surface area (Å²) in [4.78, 5) is 2.70. The first-order valence-corrected chi connectivity index (χ1v) is 9.08. The highest BCUT2D eigenvalue weighted by Gasteiger charge is 2.27. The summed E-state index contributed by atoms with van der Waals surface area (Å²) in [5.74, 6) is 1.79. The van der Waals surface area contributed by atoms with Gasteiger partial charge in [-0.2, -0.15) is 0 Å². The van der Waals surface area contributed by atoms with E-state index in [9.17, 15) is 0 Å². The predicted molar refractivity (Wildman–Crippen MR) is 91.9 cm³/mol. The molecule has 2 unspecified atom stereocenters. The van der Waals surface area contributed by atoms with Crippen molar-refractivity contribution < 1.29 is 4.74 Å². The second kappa shape index (κ2) is 6.65. The van der Waals surface area contributed by atoms with Crippen molar-refractivity contribution >= 4 is 22.6 Å². The Morgan fingerprint density at radius 1 is 1.25 bits per heavy atom. The number of piperidine rings is 1. The van der Waals surface area contributed by atoms with E-state index in [0.717, 1.165) is 9.80 Å². The molecular formula is C17H24INO. The first-order chi connectivity index (χ1) is 9.79. The Hall–Kier alpha value is -0.290. The highest BCUT2D eigenvalue weighted by atomic mass is 127. The molecule has 0 radical (unpaired) electrons. The van der Waals surface area contributed by atoms with E-state index in [4.69, 9.17) is 4.74 Å². The van der Waals surface area contributed by atoms with Crippen molar-refractivity contribution in [2.24, 2.45) is 0 Å². The molecule has 1 aromatic carbocycles. The zero-order valence-electron chi connectivity index (χ0n) is 12.3. The summed E-state index contributed by atoms with van der Waals surface area (Å²) in [6, 6.07) is 6.60. The van der Waals surface area contributed by atoms with E-state index in [0.29, 0.717) is 5.92 Å². The Kier molecular flexibility index (Phi) is 4.87. The summed E-state index contributed by atoms with van der Waals surface area (Å²) in [5, 5.41) is 0. The summed E-state index contributed by atoms with van der Waals surface area (Å²) in [6.45, 7) is 2.51. The number of alkyl halides is 1. The fourth-order valence-corrected chi connectivity index (χ4v) is 4.68. The van der Waals surface area contributed by atoms with Gasteiger partial charge >= 0.3 is 0 Å². The van der Waals surface area contributed by atoms with Crippen molar-refractivity contribution in [1.82, 2.24) is 4.90 Å². The second-order valence-corrected chi connectivity index (χ2v) is 7.48. The van der Waals surface area contributed by atoms with Crippen LogP contribution in [0.15, 0.2) is 18.2 Å². The average molecular weight is 385 g/mol. The maximum atomic E-state index is 5.56. The largest absolute Gasteiger partial charge is 0.496 e. The lowest BCUT2D eigenvalue weighted by Gasteiger charge is -2.37. The minimum absolute atomic E-state index is 0.698. The summed E-state index contributed by atoms with van der Waals surface area (Å²) in [7, 11) is 1.80. The van der Waals surface area contributed by atoms with Crippen molar-refractivity contribution in [3.05, 3.63) is 29.3 Å². The third kappa shape index (κ3) is 2.98. The van der Waals surface area contributed by atoms with Crippen molar-refractivity contribution in [2.45, 2.75) is 48.5 Å². The monoisotopic (exact) mass is 385 g/mol. The molecule has 1 aromatic rings. The molecule has 3 heteroatoms. The first kappa shape index (κ1) is 14.6. The van der Waals surface area contributed by atoms with Crippen LogP contribution in [0.2, 0.25) is 0 Å². The predicted octanol–water partition coefficient (Wildman–Crippen LogP) is 4.36. The van der Waals surface area contributed by atoms with E-state index in [1.54, 1.807) is 12.7 Å². The Morgan fingerprint density at radius 2 is 2.15 bits per heavy atom. The highest BCUT2D eigenvalue weighted by Crippen LogP contribution is 2.38. The summed E-state index contributed by atoms with van der Waals surface area (Å²) in [5.41, 5.74) is 3.01. The van der Waals surface area contributed by atoms with Crippen LogP contribution in [0.3, 0.4) is 0 Å². The number of benzene rings is 1. The lowest BCUT2D eigenvalue weighted by molar-refractivity contribution is 0.198. The van der Waals surface area contributed by atoms with Gasteiger partial charge in [0.1, 0.15) is 5.75 Å². The van der Waals surface area contributed by atoms with Gasteiger partial charge in [0, 0.05) is 6.54 Å². The normalized spacial score (nSPS) is 27.1. The number of hydrogen-bond donors (Lipinski definition) is 0. The fourth-order valence-electron chi connectivity index (χ4n) is 3.73. The van der Waals surface area contributed by atoms with Gasteiger partial charge < -0.3 is 4.74 Å². The van der Waals surface area contributed by atoms with E-state index in [1.165, 1.54) is 57.2 Å². The minimum atomic E-state index is 0.698. The van der Waals surface area contributed by atoms with Crippen LogP contribution in [0.1, 0.15) is 49.1 Å². The van der Waals surface area contributed by atoms with E-state index >= 15 is 0 Å². The second-order valence-electron chi connectivity index (χ2n) is 6.04. The van der Waals surface area contributed by atoms with Gasteiger partial charge in [0.15, 0.2) is 0 Å². The number of halogens is 1. The lowest BCUT2D eigenvalue weighted by atomic mass is 9.82. The van der Waals surface area contributed by atoms with Crippen LogP contribution in [0.4, 0.5) is 0 Å². The number of nitrogens with zero attached hydrogens (tertiary/aromatic N) is 1. The van der Waals surface area contributed by atoms with E-state index in [2.05, 4.69) is 45.7 Å². The van der Waals surface area contributed by atoms with Crippen LogP contribution >= 0.6 is 22.6 Å². The van der Waals surface area contributed by atoms with Gasteiger partial charge in [-0.3, -0.25) is 4.90 Å². The molecule has 2 atom stereocenters. The van der Waals surface area contributed by atoms with Crippen molar-refractivity contribution in [3.63, 3.8) is 0 Å². The van der Waals surface area contributed by atoms with Gasteiger partial charge in [0.25, 0.3) is 0 Å². The third-order valence-electron chi connectivity index (χ3n) is 4.80. The van der Waals surface area contributed by atoms with Gasteiger partial charge in [-0.05, 0) is 68.2 Å². The van der Waals surface area contributed by atoms with Crippen LogP contribution < -0.4 is 4.74 Å². The molecule has 110 valence electrons. The fraction of sp³-hybridized carbons (Fsp3) is 0.647. The Morgan fingerprint density at radius 3 is 2.95 bits per heavy atom. The van der Waals surface area contributed by atoms with E-state index in [-0.39, 0.29) is 0 Å². The molecule has 0 spiro atoms. The van der Waals surface area contributed by atoms with Crippen molar-refractivity contribution in [1.29, 1.82) is 0 Å². The lowest BCUT2D eigenvalue weighted by Crippen LogP contribution is -2.39.